The van der Waals surface area contributed by atoms with Crippen LogP contribution >= 0.6 is 0 Å². The van der Waals surface area contributed by atoms with Crippen LogP contribution < -0.4 is 14.2 Å². The average Bonchev–Trinajstić information content (AvgIpc) is 2.59. The van der Waals surface area contributed by atoms with Crippen LogP contribution in [0.5, 0.6) is 17.2 Å². The highest BCUT2D eigenvalue weighted by Gasteiger charge is 2.34. The highest BCUT2D eigenvalue weighted by Crippen LogP contribution is 2.38. The first kappa shape index (κ1) is 22.4. The van der Waals surface area contributed by atoms with Gasteiger partial charge in [-0.05, 0) is 24.6 Å². The highest BCUT2D eigenvalue weighted by molar-refractivity contribution is 5.84. The maximum atomic E-state index is 12.8. The van der Waals surface area contributed by atoms with E-state index in [1.54, 1.807) is 0 Å². The Morgan fingerprint density at radius 2 is 1.59 bits per heavy atom. The number of benzene rings is 1. The lowest BCUT2D eigenvalue weighted by molar-refractivity contribution is -0.167. The molecule has 152 valence electrons. The molecule has 0 spiro atoms. The molecule has 0 N–H and O–H groups in total. The van der Waals surface area contributed by atoms with Gasteiger partial charge in [0.05, 0.1) is 34.4 Å². The normalized spacial score (nSPS) is 10.9. The van der Waals surface area contributed by atoms with E-state index in [-0.39, 0.29) is 23.9 Å². The molecule has 0 unspecified atom stereocenters. The molecular weight excluding hydrogens is 371 g/mol. The maximum absolute atomic E-state index is 12.8. The standard InChI is InChI=1S/C17H22F3NO6/c1-5-27-15(23)9-21(10-17(18,19)20)14(22)8-11-6-12(24-2)16(26-4)13(7-11)25-3/h6-7H,5,8-10H2,1-4H3. The number of carbonyl (C=O) groups excluding carboxylic acids is 2. The van der Waals surface area contributed by atoms with Gasteiger partial charge in [-0.2, -0.15) is 13.2 Å². The van der Waals surface area contributed by atoms with Crippen LogP contribution in [0.1, 0.15) is 12.5 Å². The van der Waals surface area contributed by atoms with E-state index in [0.29, 0.717) is 10.5 Å². The quantitative estimate of drug-likeness (QED) is 0.599. The van der Waals surface area contributed by atoms with E-state index in [0.717, 1.165) is 0 Å². The van der Waals surface area contributed by atoms with Gasteiger partial charge in [-0.1, -0.05) is 0 Å². The van der Waals surface area contributed by atoms with Gasteiger partial charge < -0.3 is 23.8 Å². The third-order valence-corrected chi connectivity index (χ3v) is 3.43. The zero-order valence-corrected chi connectivity index (χ0v) is 15.5. The Balaban J connectivity index is 3.07. The number of nitrogens with zero attached hydrogens (tertiary/aromatic N) is 1. The van der Waals surface area contributed by atoms with Gasteiger partial charge in [0.1, 0.15) is 13.1 Å². The molecule has 0 saturated heterocycles. The minimum atomic E-state index is -4.66. The lowest BCUT2D eigenvalue weighted by Crippen LogP contribution is -2.43. The van der Waals surface area contributed by atoms with Gasteiger partial charge in [0, 0.05) is 0 Å². The molecule has 10 heteroatoms. The van der Waals surface area contributed by atoms with Gasteiger partial charge in [0.15, 0.2) is 11.5 Å². The summed E-state index contributed by atoms with van der Waals surface area (Å²) in [5.74, 6) is -1.01. The second-order valence-electron chi connectivity index (χ2n) is 5.38. The summed E-state index contributed by atoms with van der Waals surface area (Å²) in [6.07, 6.45) is -5.05. The van der Waals surface area contributed by atoms with E-state index in [1.165, 1.54) is 40.4 Å². The smallest absolute Gasteiger partial charge is 0.406 e. The molecule has 1 rings (SSSR count). The largest absolute Gasteiger partial charge is 0.493 e. The van der Waals surface area contributed by atoms with E-state index in [1.807, 2.05) is 0 Å². The Bertz CT molecular complexity index is 638. The molecule has 0 aliphatic heterocycles. The Morgan fingerprint density at radius 1 is 1.04 bits per heavy atom. The van der Waals surface area contributed by atoms with E-state index < -0.39 is 37.6 Å². The third-order valence-electron chi connectivity index (χ3n) is 3.43. The molecule has 0 fully saturated rings. The van der Waals surface area contributed by atoms with Gasteiger partial charge in [-0.25, -0.2) is 0 Å². The van der Waals surface area contributed by atoms with Crippen molar-refractivity contribution >= 4 is 11.9 Å². The van der Waals surface area contributed by atoms with E-state index in [2.05, 4.69) is 4.74 Å². The molecule has 1 aromatic rings. The first-order valence-corrected chi connectivity index (χ1v) is 7.94. The molecule has 0 radical (unpaired) electrons. The van der Waals surface area contributed by atoms with Crippen molar-refractivity contribution in [3.63, 3.8) is 0 Å². The minimum Gasteiger partial charge on any atom is -0.493 e. The van der Waals surface area contributed by atoms with Gasteiger partial charge >= 0.3 is 12.1 Å². The second-order valence-corrected chi connectivity index (χ2v) is 5.38. The predicted octanol–water partition coefficient (Wildman–Crippen LogP) is 2.21. The molecule has 0 aliphatic carbocycles. The summed E-state index contributed by atoms with van der Waals surface area (Å²) in [7, 11) is 4.15. The van der Waals surface area contributed by atoms with E-state index in [9.17, 15) is 22.8 Å². The van der Waals surface area contributed by atoms with E-state index >= 15 is 0 Å². The zero-order valence-electron chi connectivity index (χ0n) is 15.5. The molecule has 0 saturated carbocycles. The zero-order chi connectivity index (χ0) is 20.6. The summed E-state index contributed by atoms with van der Waals surface area (Å²) in [5, 5.41) is 0. The number of methoxy groups -OCH3 is 3. The van der Waals surface area contributed by atoms with Gasteiger partial charge in [-0.3, -0.25) is 9.59 Å². The number of hydrogen-bond donors (Lipinski definition) is 0. The summed E-state index contributed by atoms with van der Waals surface area (Å²) in [5.41, 5.74) is 0.338. The molecule has 1 aromatic carbocycles. The van der Waals surface area contributed by atoms with Crippen LogP contribution in [0.4, 0.5) is 13.2 Å². The first-order chi connectivity index (χ1) is 12.6. The Kier molecular flexibility index (Phi) is 8.20. The van der Waals surface area contributed by atoms with Crippen molar-refractivity contribution in [1.29, 1.82) is 0 Å². The number of rotatable bonds is 9. The number of esters is 1. The Labute approximate surface area is 154 Å². The topological polar surface area (TPSA) is 74.3 Å². The summed E-state index contributed by atoms with van der Waals surface area (Å²) in [4.78, 5) is 24.3. The molecule has 1 amide bonds. The fourth-order valence-corrected chi connectivity index (χ4v) is 2.34. The van der Waals surface area contributed by atoms with Crippen molar-refractivity contribution in [3.8, 4) is 17.2 Å². The fourth-order valence-electron chi connectivity index (χ4n) is 2.34. The van der Waals surface area contributed by atoms with Gasteiger partial charge in [-0.15, -0.1) is 0 Å². The predicted molar refractivity (Wildman–Crippen MR) is 89.1 cm³/mol. The minimum absolute atomic E-state index is 0.000239. The lowest BCUT2D eigenvalue weighted by atomic mass is 10.1. The molecule has 27 heavy (non-hydrogen) atoms. The van der Waals surface area contributed by atoms with Crippen LogP contribution in [0.25, 0.3) is 0 Å². The van der Waals surface area contributed by atoms with Gasteiger partial charge in [0.2, 0.25) is 11.7 Å². The van der Waals surface area contributed by atoms with E-state index in [4.69, 9.17) is 14.2 Å². The lowest BCUT2D eigenvalue weighted by Gasteiger charge is -2.23. The third kappa shape index (κ3) is 6.87. The molecule has 7 nitrogen and oxygen atoms in total. The van der Waals surface area contributed by atoms with Crippen molar-refractivity contribution in [2.24, 2.45) is 0 Å². The SMILES string of the molecule is CCOC(=O)CN(CC(F)(F)F)C(=O)Cc1cc(OC)c(OC)c(OC)c1. The first-order valence-electron chi connectivity index (χ1n) is 7.94. The molecule has 0 aromatic heterocycles. The number of hydrogen-bond acceptors (Lipinski definition) is 6. The average molecular weight is 393 g/mol. The summed E-state index contributed by atoms with van der Waals surface area (Å²) >= 11 is 0. The second kappa shape index (κ2) is 9.89. The van der Waals surface area contributed by atoms with Crippen molar-refractivity contribution < 1.29 is 41.7 Å². The van der Waals surface area contributed by atoms with Crippen LogP contribution in [0.2, 0.25) is 0 Å². The Morgan fingerprint density at radius 3 is 2.00 bits per heavy atom. The number of carbonyl (C=O) groups is 2. The molecule has 0 aliphatic rings. The molecule has 0 atom stereocenters. The molecular formula is C17H22F3NO6. The van der Waals surface area contributed by atoms with Crippen LogP contribution in [0.15, 0.2) is 12.1 Å². The van der Waals surface area contributed by atoms with Crippen molar-refractivity contribution in [3.05, 3.63) is 17.7 Å². The van der Waals surface area contributed by atoms with Gasteiger partial charge in [0.25, 0.3) is 0 Å². The fraction of sp³-hybridized carbons (Fsp3) is 0.529. The maximum Gasteiger partial charge on any atom is 0.406 e. The molecule has 0 bridgehead atoms. The number of alkyl halides is 3. The van der Waals surface area contributed by atoms with Crippen LogP contribution in [0.3, 0.4) is 0 Å². The summed E-state index contributed by atoms with van der Waals surface area (Å²) in [6.45, 7) is -0.838. The number of amides is 1. The Hall–Kier alpha value is -2.65. The van der Waals surface area contributed by atoms with Crippen molar-refractivity contribution in [2.75, 3.05) is 41.0 Å². The highest BCUT2D eigenvalue weighted by atomic mass is 19.4. The van der Waals surface area contributed by atoms with Crippen molar-refractivity contribution in [1.82, 2.24) is 4.90 Å². The molecule has 0 heterocycles. The summed E-state index contributed by atoms with van der Waals surface area (Å²) in [6, 6.07) is 2.91. The number of ether oxygens (including phenoxy) is 4. The summed E-state index contributed by atoms with van der Waals surface area (Å²) < 4.78 is 58.4. The van der Waals surface area contributed by atoms with Crippen LogP contribution in [0, 0.1) is 0 Å². The number of halogens is 3. The van der Waals surface area contributed by atoms with Crippen LogP contribution in [-0.4, -0.2) is 64.0 Å². The monoisotopic (exact) mass is 393 g/mol. The van der Waals surface area contributed by atoms with Crippen LogP contribution in [-0.2, 0) is 20.7 Å². The van der Waals surface area contributed by atoms with Crippen molar-refractivity contribution in [2.45, 2.75) is 19.5 Å².